The van der Waals surface area contributed by atoms with Crippen molar-refractivity contribution in [3.63, 3.8) is 0 Å². The van der Waals surface area contributed by atoms with E-state index in [1.165, 1.54) is 6.42 Å². The first-order valence-electron chi connectivity index (χ1n) is 8.15. The quantitative estimate of drug-likeness (QED) is 0.276. The number of phosphoric acid groups is 2. The summed E-state index contributed by atoms with van der Waals surface area (Å²) in [6.07, 6.45) is 2.89. The topological polar surface area (TPSA) is 190 Å². The second kappa shape index (κ2) is 24.0. The molecule has 1 rings (SSSR count). The molecule has 0 amide bonds. The Balaban J connectivity index is -0.0000000889. The van der Waals surface area contributed by atoms with Gasteiger partial charge in [-0.2, -0.15) is 0 Å². The lowest BCUT2D eigenvalue weighted by Crippen LogP contribution is -2.27. The van der Waals surface area contributed by atoms with E-state index in [4.69, 9.17) is 14.0 Å². The molecule has 18 heteroatoms. The van der Waals surface area contributed by atoms with Crippen molar-refractivity contribution >= 4 is 48.6 Å². The minimum Gasteiger partial charge on any atom is -0.790 e. The van der Waals surface area contributed by atoms with Crippen LogP contribution in [0, 0.1) is 0 Å². The number of methoxy groups -OCH3 is 1. The fraction of sp³-hybridized carbons (Fsp3) is 1.00. The third-order valence-electron chi connectivity index (χ3n) is 2.52. The molecule has 0 spiro atoms. The normalized spacial score (nSPS) is 23.3. The van der Waals surface area contributed by atoms with Gasteiger partial charge < -0.3 is 42.7 Å². The Bertz CT molecular complexity index is 542. The standard InChI is InChI=1S/C7H17O3P3.C3H8.CH7O9P3.4CH4/c1-5-3-6(8-2)7(10-5)4-9-12-13-11;1-3-2;1-11(2,3)9-13(7,8)10-12(4,5)6;;;;/h5-7,12-13H,3-4,11H2,1-2H3;3H2,1-2H3;1H3,(H,2,3)(H,7,8)(H2,4,5,6);4*1H4/p-4/t5-,6+,7+;;;;;;/m0....../s1. The second-order valence-corrected chi connectivity index (χ2v) is 15.1. The molecule has 0 aromatic carbocycles. The molecule has 0 bridgehead atoms. The van der Waals surface area contributed by atoms with Crippen LogP contribution in [0.5, 0.6) is 0 Å². The third kappa shape index (κ3) is 31.6. The predicted molar refractivity (Wildman–Crippen MR) is 136 cm³/mol. The molecule has 0 aromatic rings. The lowest BCUT2D eigenvalue weighted by molar-refractivity contribution is -0.339. The van der Waals surface area contributed by atoms with Gasteiger partial charge in [0.25, 0.3) is 7.82 Å². The van der Waals surface area contributed by atoms with Gasteiger partial charge in [0.15, 0.2) is 0 Å². The summed E-state index contributed by atoms with van der Waals surface area (Å²) in [5.74, 6) is 0. The maximum Gasteiger partial charge on any atom is 0.276 e. The third-order valence-corrected chi connectivity index (χ3v) is 8.38. The number of hydrogen-bond acceptors (Lipinski definition) is 12. The fourth-order valence-corrected chi connectivity index (χ4v) is 6.20. The maximum atomic E-state index is 10.3. The van der Waals surface area contributed by atoms with E-state index in [0.29, 0.717) is 27.9 Å². The van der Waals surface area contributed by atoms with Crippen LogP contribution in [0.25, 0.3) is 0 Å². The number of rotatable bonds is 9. The second-order valence-electron chi connectivity index (χ2n) is 5.59. The van der Waals surface area contributed by atoms with E-state index in [1.54, 1.807) is 7.11 Å². The van der Waals surface area contributed by atoms with E-state index in [0.717, 1.165) is 14.4 Å². The maximum absolute atomic E-state index is 10.3. The fourth-order valence-electron chi connectivity index (χ4n) is 1.80. The van der Waals surface area contributed by atoms with Crippen LogP contribution in [-0.2, 0) is 36.3 Å². The van der Waals surface area contributed by atoms with E-state index in [2.05, 4.69) is 38.3 Å². The number of ether oxygens (including phenoxy) is 2. The van der Waals surface area contributed by atoms with Gasteiger partial charge in [0.2, 0.25) is 0 Å². The molecule has 0 saturated carbocycles. The molecule has 0 aromatic heterocycles. The van der Waals surface area contributed by atoms with Crippen molar-refractivity contribution in [2.75, 3.05) is 20.4 Å². The van der Waals surface area contributed by atoms with Crippen molar-refractivity contribution in [1.82, 2.24) is 0 Å². The van der Waals surface area contributed by atoms with Crippen LogP contribution >= 0.6 is 48.6 Å². The Labute approximate surface area is 206 Å². The Kier molecular flexibility index (Phi) is 34.7. The Morgan fingerprint density at radius 1 is 1.03 bits per heavy atom. The Hall–Kier alpha value is 1.62. The SMILES string of the molecule is C.C.C.C.CCC.CO[C@@H]1C[C@H](C)O[C@@H]1COPPP.CP(=O)([O-])OP(=O)([O-])OP(=O)([O-])[O-]. The summed E-state index contributed by atoms with van der Waals surface area (Å²) < 4.78 is 52.7. The molecule has 1 aliphatic rings. The summed E-state index contributed by atoms with van der Waals surface area (Å²) in [6.45, 7) is 7.36. The average Bonchev–Trinajstić information content (AvgIpc) is 2.84. The first-order valence-corrected chi connectivity index (χ1v) is 17.8. The highest BCUT2D eigenvalue weighted by Crippen LogP contribution is 2.58. The van der Waals surface area contributed by atoms with Gasteiger partial charge in [-0.3, -0.25) is 13.2 Å². The van der Waals surface area contributed by atoms with Crippen molar-refractivity contribution in [3.05, 3.63) is 0 Å². The molecular formula is C15H44O12P6-4. The summed E-state index contributed by atoms with van der Waals surface area (Å²) in [4.78, 5) is 40.0. The van der Waals surface area contributed by atoms with Crippen LogP contribution in [0.4, 0.5) is 0 Å². The lowest BCUT2D eigenvalue weighted by atomic mass is 10.1. The minimum absolute atomic E-state index is 0. The van der Waals surface area contributed by atoms with Crippen molar-refractivity contribution < 1.29 is 55.9 Å². The van der Waals surface area contributed by atoms with Gasteiger partial charge in [0.1, 0.15) is 13.7 Å². The van der Waals surface area contributed by atoms with Crippen molar-refractivity contribution in [1.29, 1.82) is 0 Å². The smallest absolute Gasteiger partial charge is 0.276 e. The number of hydrogen-bond donors (Lipinski definition) is 0. The van der Waals surface area contributed by atoms with Crippen LogP contribution in [0.2, 0.25) is 0 Å². The zero-order chi connectivity index (χ0) is 23.3. The monoisotopic (exact) mass is 602 g/mol. The van der Waals surface area contributed by atoms with Crippen LogP contribution < -0.4 is 19.6 Å². The highest BCUT2D eigenvalue weighted by atomic mass is 32.4. The van der Waals surface area contributed by atoms with E-state index in [1.807, 2.05) is 0 Å². The molecule has 33 heavy (non-hydrogen) atoms. The highest BCUT2D eigenvalue weighted by Gasteiger charge is 2.32. The molecule has 0 radical (unpaired) electrons. The molecule has 12 nitrogen and oxygen atoms in total. The molecule has 1 aliphatic heterocycles. The molecular weight excluding hydrogens is 558 g/mol. The Morgan fingerprint density at radius 3 is 1.82 bits per heavy atom. The first kappa shape index (κ1) is 47.8. The molecule has 0 aliphatic carbocycles. The molecule has 5 unspecified atom stereocenters. The van der Waals surface area contributed by atoms with E-state index in [9.17, 15) is 33.3 Å². The summed E-state index contributed by atoms with van der Waals surface area (Å²) >= 11 is 0. The first-order chi connectivity index (χ1) is 13.1. The molecule has 1 fully saturated rings. The molecule has 1 heterocycles. The van der Waals surface area contributed by atoms with Gasteiger partial charge in [-0.1, -0.05) is 57.9 Å². The van der Waals surface area contributed by atoms with Crippen LogP contribution in [0.1, 0.15) is 63.3 Å². The summed E-state index contributed by atoms with van der Waals surface area (Å²) in [6, 6.07) is 0. The summed E-state index contributed by atoms with van der Waals surface area (Å²) in [7, 11) is -10.4. The molecule has 210 valence electrons. The van der Waals surface area contributed by atoms with Gasteiger partial charge in [-0.05, 0) is 6.92 Å². The molecule has 1 saturated heterocycles. The van der Waals surface area contributed by atoms with Crippen molar-refractivity contribution in [3.8, 4) is 0 Å². The largest absolute Gasteiger partial charge is 0.790 e. The van der Waals surface area contributed by atoms with Gasteiger partial charge in [0, 0.05) is 28.7 Å². The van der Waals surface area contributed by atoms with Gasteiger partial charge in [0.05, 0.1) is 26.6 Å². The van der Waals surface area contributed by atoms with Crippen LogP contribution in [0.15, 0.2) is 0 Å². The summed E-state index contributed by atoms with van der Waals surface area (Å²) in [5.41, 5.74) is 0. The molecule has 0 N–H and O–H groups in total. The van der Waals surface area contributed by atoms with Gasteiger partial charge in [-0.25, -0.2) is 0 Å². The average molecular weight is 602 g/mol. The van der Waals surface area contributed by atoms with E-state index in [-0.39, 0.29) is 41.9 Å². The van der Waals surface area contributed by atoms with E-state index >= 15 is 0 Å². The summed E-state index contributed by atoms with van der Waals surface area (Å²) in [5, 5.41) is 0. The zero-order valence-corrected chi connectivity index (χ0v) is 22.5. The predicted octanol–water partition coefficient (Wildman–Crippen LogP) is 3.63. The highest BCUT2D eigenvalue weighted by molar-refractivity contribution is 8.37. The molecule has 8 atom stereocenters. The zero-order valence-electron chi connectivity index (χ0n) is 16.7. The Morgan fingerprint density at radius 2 is 1.48 bits per heavy atom. The van der Waals surface area contributed by atoms with Gasteiger partial charge in [-0.15, -0.1) is 8.93 Å². The van der Waals surface area contributed by atoms with Crippen LogP contribution in [-0.4, -0.2) is 38.7 Å². The minimum atomic E-state index is -5.83. The van der Waals surface area contributed by atoms with Crippen molar-refractivity contribution in [2.45, 2.75) is 81.6 Å². The van der Waals surface area contributed by atoms with E-state index < -0.39 is 23.2 Å². The lowest BCUT2D eigenvalue weighted by Gasteiger charge is -2.37. The van der Waals surface area contributed by atoms with Crippen LogP contribution in [0.3, 0.4) is 0 Å². The van der Waals surface area contributed by atoms with Gasteiger partial charge >= 0.3 is 0 Å². The van der Waals surface area contributed by atoms with Crippen molar-refractivity contribution in [2.24, 2.45) is 0 Å².